The van der Waals surface area contributed by atoms with Gasteiger partial charge in [-0.05, 0) is 6.08 Å². The molecule has 0 radical (unpaired) electrons. The van der Waals surface area contributed by atoms with Gasteiger partial charge in [-0.25, -0.2) is 8.78 Å². The molecule has 0 aromatic heterocycles. The monoisotopic (exact) mass is 162 g/mol. The Kier molecular flexibility index (Phi) is 1.92. The molecule has 0 aromatic carbocycles. The van der Waals surface area contributed by atoms with Gasteiger partial charge in [0.2, 0.25) is 0 Å². The molecule has 4 heteroatoms. The van der Waals surface area contributed by atoms with Crippen LogP contribution < -0.4 is 0 Å². The minimum atomic E-state index is -1.29. The summed E-state index contributed by atoms with van der Waals surface area (Å²) >= 11 is 4.40. The predicted molar refractivity (Wildman–Crippen MR) is 37.0 cm³/mol. The summed E-state index contributed by atoms with van der Waals surface area (Å²) in [6.07, 6.45) is 0.209. The smallest absolute Gasteiger partial charge is 0.143 e. The van der Waals surface area contributed by atoms with Crippen molar-refractivity contribution in [2.24, 2.45) is 0 Å². The number of rotatable bonds is 0. The molecule has 10 heavy (non-hydrogen) atoms. The third-order valence-electron chi connectivity index (χ3n) is 1.09. The first-order valence-corrected chi connectivity index (χ1v) is 2.99. The zero-order valence-electron chi connectivity index (χ0n) is 4.84. The van der Waals surface area contributed by atoms with Crippen LogP contribution in [0.15, 0.2) is 23.8 Å². The lowest BCUT2D eigenvalue weighted by atomic mass is 10.1. The molecule has 1 unspecified atom stereocenters. The summed E-state index contributed by atoms with van der Waals surface area (Å²) in [7, 11) is 0. The number of hydrogen-bond acceptors (Lipinski definition) is 2. The van der Waals surface area contributed by atoms with E-state index in [4.69, 9.17) is 5.11 Å². The highest BCUT2D eigenvalue weighted by Gasteiger charge is 2.18. The van der Waals surface area contributed by atoms with Crippen LogP contribution in [0.25, 0.3) is 0 Å². The molecular formula is C6H4F2OS. The molecule has 1 N–H and O–H groups in total. The Bertz CT molecular complexity index is 232. The standard InChI is InChI=1S/C6H4F2OS/c7-3-1-4(8)6(10)5(9)2-3/h1-2,5,9H. The SMILES string of the molecule is OC1C=C(F)C=C(F)C1=S. The third kappa shape index (κ3) is 1.27. The van der Waals surface area contributed by atoms with Crippen LogP contribution in [0.3, 0.4) is 0 Å². The van der Waals surface area contributed by atoms with E-state index in [0.29, 0.717) is 6.08 Å². The molecule has 1 atom stereocenters. The molecule has 0 saturated carbocycles. The molecule has 1 aliphatic rings. The molecular weight excluding hydrogens is 158 g/mol. The van der Waals surface area contributed by atoms with E-state index < -0.39 is 17.8 Å². The predicted octanol–water partition coefficient (Wildman–Crippen LogP) is 1.44. The molecule has 0 aliphatic heterocycles. The van der Waals surface area contributed by atoms with Crippen LogP contribution in [0, 0.1) is 0 Å². The van der Waals surface area contributed by atoms with Crippen molar-refractivity contribution in [3.05, 3.63) is 23.8 Å². The van der Waals surface area contributed by atoms with Crippen molar-refractivity contribution in [1.29, 1.82) is 0 Å². The summed E-state index contributed by atoms with van der Waals surface area (Å²) in [6, 6.07) is 0. The number of aliphatic hydroxyl groups excluding tert-OH is 1. The Balaban J connectivity index is 2.95. The molecule has 0 saturated heterocycles. The molecule has 54 valence electrons. The molecule has 0 amide bonds. The van der Waals surface area contributed by atoms with Crippen molar-refractivity contribution < 1.29 is 13.9 Å². The Morgan fingerprint density at radius 3 is 2.60 bits per heavy atom. The van der Waals surface area contributed by atoms with Crippen LogP contribution in [0.2, 0.25) is 0 Å². The van der Waals surface area contributed by atoms with Gasteiger partial charge in [-0.2, -0.15) is 0 Å². The van der Waals surface area contributed by atoms with Crippen molar-refractivity contribution in [3.63, 3.8) is 0 Å². The fourth-order valence-corrected chi connectivity index (χ4v) is 0.735. The van der Waals surface area contributed by atoms with E-state index >= 15 is 0 Å². The second-order valence-electron chi connectivity index (χ2n) is 1.85. The van der Waals surface area contributed by atoms with E-state index in [1.165, 1.54) is 0 Å². The van der Waals surface area contributed by atoms with Gasteiger partial charge in [0.25, 0.3) is 0 Å². The average molecular weight is 162 g/mol. The number of halogens is 2. The minimum absolute atomic E-state index is 0.263. The number of allylic oxidation sites excluding steroid dienone is 2. The van der Waals surface area contributed by atoms with Crippen LogP contribution in [-0.2, 0) is 0 Å². The van der Waals surface area contributed by atoms with E-state index in [2.05, 4.69) is 12.2 Å². The molecule has 0 heterocycles. The summed E-state index contributed by atoms with van der Waals surface area (Å²) in [6.45, 7) is 0. The summed E-state index contributed by atoms with van der Waals surface area (Å²) < 4.78 is 24.5. The van der Waals surface area contributed by atoms with Gasteiger partial charge in [-0.1, -0.05) is 12.2 Å². The topological polar surface area (TPSA) is 20.2 Å². The second-order valence-corrected chi connectivity index (χ2v) is 2.29. The lowest BCUT2D eigenvalue weighted by molar-refractivity contribution is 0.285. The fourth-order valence-electron chi connectivity index (χ4n) is 0.608. The first-order valence-electron chi connectivity index (χ1n) is 2.58. The Labute approximate surface area is 61.7 Å². The highest BCUT2D eigenvalue weighted by Crippen LogP contribution is 2.17. The molecule has 0 bridgehead atoms. The van der Waals surface area contributed by atoms with Crippen molar-refractivity contribution in [1.82, 2.24) is 0 Å². The normalized spacial score (nSPS) is 25.9. The van der Waals surface area contributed by atoms with Gasteiger partial charge in [-0.3, -0.25) is 0 Å². The van der Waals surface area contributed by atoms with Crippen LogP contribution in [0.4, 0.5) is 8.78 Å². The summed E-state index contributed by atoms with van der Waals surface area (Å²) in [5.41, 5.74) is 0. The van der Waals surface area contributed by atoms with Gasteiger partial charge in [0.15, 0.2) is 0 Å². The first-order chi connectivity index (χ1) is 4.61. The summed E-state index contributed by atoms with van der Waals surface area (Å²) in [5, 5.41) is 8.78. The molecule has 0 aromatic rings. The minimum Gasteiger partial charge on any atom is -0.383 e. The number of aliphatic hydroxyl groups is 1. The lowest BCUT2D eigenvalue weighted by Gasteiger charge is -2.09. The quantitative estimate of drug-likeness (QED) is 0.544. The van der Waals surface area contributed by atoms with Crippen molar-refractivity contribution in [2.45, 2.75) is 6.10 Å². The van der Waals surface area contributed by atoms with Gasteiger partial charge in [0, 0.05) is 6.08 Å². The summed E-state index contributed by atoms with van der Waals surface area (Å²) in [5.74, 6) is -1.67. The third-order valence-corrected chi connectivity index (χ3v) is 1.52. The first kappa shape index (κ1) is 7.50. The molecule has 0 spiro atoms. The Hall–Kier alpha value is -0.610. The van der Waals surface area contributed by atoms with Gasteiger partial charge in [0.1, 0.15) is 17.8 Å². The fraction of sp³-hybridized carbons (Fsp3) is 0.167. The van der Waals surface area contributed by atoms with Crippen LogP contribution in [0.1, 0.15) is 0 Å². The van der Waals surface area contributed by atoms with Crippen LogP contribution in [0.5, 0.6) is 0 Å². The van der Waals surface area contributed by atoms with E-state index in [0.717, 1.165) is 6.08 Å². The van der Waals surface area contributed by atoms with E-state index in [1.54, 1.807) is 0 Å². The van der Waals surface area contributed by atoms with Crippen molar-refractivity contribution in [2.75, 3.05) is 0 Å². The van der Waals surface area contributed by atoms with Crippen molar-refractivity contribution in [3.8, 4) is 0 Å². The Morgan fingerprint density at radius 1 is 1.50 bits per heavy atom. The highest BCUT2D eigenvalue weighted by molar-refractivity contribution is 7.81. The second kappa shape index (κ2) is 2.56. The van der Waals surface area contributed by atoms with Crippen LogP contribution >= 0.6 is 12.2 Å². The summed E-state index contributed by atoms with van der Waals surface area (Å²) in [4.78, 5) is -0.263. The van der Waals surface area contributed by atoms with E-state index in [9.17, 15) is 8.78 Å². The maximum Gasteiger partial charge on any atom is 0.143 e. The van der Waals surface area contributed by atoms with E-state index in [1.807, 2.05) is 0 Å². The zero-order valence-corrected chi connectivity index (χ0v) is 5.66. The largest absolute Gasteiger partial charge is 0.383 e. The van der Waals surface area contributed by atoms with E-state index in [-0.39, 0.29) is 4.86 Å². The number of thiocarbonyl (C=S) groups is 1. The van der Waals surface area contributed by atoms with Gasteiger partial charge >= 0.3 is 0 Å². The van der Waals surface area contributed by atoms with Crippen molar-refractivity contribution >= 4 is 17.1 Å². The van der Waals surface area contributed by atoms with Gasteiger partial charge < -0.3 is 5.11 Å². The molecule has 1 nitrogen and oxygen atoms in total. The molecule has 1 aliphatic carbocycles. The molecule has 1 rings (SSSR count). The molecule has 0 fully saturated rings. The Morgan fingerprint density at radius 2 is 2.10 bits per heavy atom. The lowest BCUT2D eigenvalue weighted by Crippen LogP contribution is -2.19. The zero-order chi connectivity index (χ0) is 7.72. The number of hydrogen-bond donors (Lipinski definition) is 1. The highest BCUT2D eigenvalue weighted by atomic mass is 32.1. The maximum absolute atomic E-state index is 12.4. The van der Waals surface area contributed by atoms with Crippen LogP contribution in [-0.4, -0.2) is 16.1 Å². The van der Waals surface area contributed by atoms with Gasteiger partial charge in [0.05, 0.1) is 4.86 Å². The average Bonchev–Trinajstić information content (AvgIpc) is 1.82. The van der Waals surface area contributed by atoms with Gasteiger partial charge in [-0.15, -0.1) is 0 Å². The maximum atomic E-state index is 12.4.